The van der Waals surface area contributed by atoms with E-state index in [2.05, 4.69) is 15.0 Å². The predicted octanol–water partition coefficient (Wildman–Crippen LogP) is 2.60. The van der Waals surface area contributed by atoms with Gasteiger partial charge in [0.1, 0.15) is 11.5 Å². The summed E-state index contributed by atoms with van der Waals surface area (Å²) in [5.74, 6) is 0.943. The summed E-state index contributed by atoms with van der Waals surface area (Å²) in [6.45, 7) is 1.03. The molecular formula is C20H20ClN5O3. The largest absolute Gasteiger partial charge is 0.445 e. The van der Waals surface area contributed by atoms with Crippen LogP contribution in [0.3, 0.4) is 0 Å². The highest BCUT2D eigenvalue weighted by atomic mass is 35.5. The second-order valence-corrected chi connectivity index (χ2v) is 7.51. The van der Waals surface area contributed by atoms with Crippen molar-refractivity contribution in [1.82, 2.24) is 19.9 Å². The molecule has 1 aliphatic rings. The first-order chi connectivity index (χ1) is 14.0. The number of aromatic nitrogens is 3. The number of aromatic amines is 1. The first-order valence-corrected chi connectivity index (χ1v) is 9.71. The van der Waals surface area contributed by atoms with Gasteiger partial charge in [0.15, 0.2) is 5.89 Å². The molecule has 0 spiro atoms. The number of likely N-dealkylation sites (tertiary alicyclic amines) is 1. The summed E-state index contributed by atoms with van der Waals surface area (Å²) < 4.78 is 5.96. The highest BCUT2D eigenvalue weighted by Gasteiger charge is 2.29. The van der Waals surface area contributed by atoms with E-state index in [1.165, 1.54) is 0 Å². The Hall–Kier alpha value is -3.13. The van der Waals surface area contributed by atoms with E-state index in [-0.39, 0.29) is 23.5 Å². The minimum absolute atomic E-state index is 0.0137. The van der Waals surface area contributed by atoms with Gasteiger partial charge in [-0.05, 0) is 30.5 Å². The minimum Gasteiger partial charge on any atom is -0.445 e. The second kappa shape index (κ2) is 8.08. The monoisotopic (exact) mass is 413 g/mol. The summed E-state index contributed by atoms with van der Waals surface area (Å²) in [6, 6.07) is 8.76. The van der Waals surface area contributed by atoms with E-state index in [0.717, 1.165) is 30.2 Å². The zero-order chi connectivity index (χ0) is 20.4. The van der Waals surface area contributed by atoms with Crippen molar-refractivity contribution in [1.29, 1.82) is 0 Å². The number of piperidine rings is 1. The highest BCUT2D eigenvalue weighted by molar-refractivity contribution is 6.30. The third-order valence-electron chi connectivity index (χ3n) is 4.88. The molecule has 0 aliphatic carbocycles. The van der Waals surface area contributed by atoms with Crippen LogP contribution in [0.2, 0.25) is 5.02 Å². The van der Waals surface area contributed by atoms with Crippen LogP contribution in [0.5, 0.6) is 0 Å². The molecule has 8 nitrogen and oxygen atoms in total. The Bertz CT molecular complexity index is 1090. The smallest absolute Gasteiger partial charge is 0.272 e. The fourth-order valence-electron chi connectivity index (χ4n) is 3.55. The van der Waals surface area contributed by atoms with Gasteiger partial charge in [0.2, 0.25) is 5.95 Å². The third-order valence-corrected chi connectivity index (χ3v) is 5.11. The predicted molar refractivity (Wildman–Crippen MR) is 108 cm³/mol. The molecule has 1 fully saturated rings. The van der Waals surface area contributed by atoms with Crippen LogP contribution in [0.4, 0.5) is 5.95 Å². The van der Waals surface area contributed by atoms with Gasteiger partial charge in [-0.15, -0.1) is 0 Å². The molecule has 0 bridgehead atoms. The molecule has 150 valence electrons. The van der Waals surface area contributed by atoms with Gasteiger partial charge in [-0.25, -0.2) is 9.97 Å². The molecule has 1 atom stereocenters. The van der Waals surface area contributed by atoms with E-state index >= 15 is 0 Å². The number of nitrogens with one attached hydrogen (secondary N) is 1. The molecule has 3 aromatic rings. The van der Waals surface area contributed by atoms with Gasteiger partial charge in [-0.1, -0.05) is 23.7 Å². The Balaban J connectivity index is 1.46. The molecule has 2 aromatic heterocycles. The van der Waals surface area contributed by atoms with E-state index in [0.29, 0.717) is 30.4 Å². The molecule has 3 heterocycles. The van der Waals surface area contributed by atoms with Crippen molar-refractivity contribution in [2.24, 2.45) is 0 Å². The highest BCUT2D eigenvalue weighted by Crippen LogP contribution is 2.28. The average Bonchev–Trinajstić information content (AvgIpc) is 3.15. The topological polar surface area (TPSA) is 118 Å². The van der Waals surface area contributed by atoms with Crippen molar-refractivity contribution >= 4 is 23.5 Å². The molecule has 1 amide bonds. The van der Waals surface area contributed by atoms with Crippen LogP contribution >= 0.6 is 11.6 Å². The fourth-order valence-corrected chi connectivity index (χ4v) is 3.77. The van der Waals surface area contributed by atoms with Crippen LogP contribution in [0, 0.1) is 0 Å². The van der Waals surface area contributed by atoms with Gasteiger partial charge < -0.3 is 15.1 Å². The second-order valence-electron chi connectivity index (χ2n) is 7.08. The van der Waals surface area contributed by atoms with Gasteiger partial charge in [0, 0.05) is 30.6 Å². The lowest BCUT2D eigenvalue weighted by Crippen LogP contribution is -2.40. The van der Waals surface area contributed by atoms with Crippen molar-refractivity contribution in [3.63, 3.8) is 0 Å². The Morgan fingerprint density at radius 2 is 2.24 bits per heavy atom. The van der Waals surface area contributed by atoms with Gasteiger partial charge >= 0.3 is 0 Å². The number of halogens is 1. The first-order valence-electron chi connectivity index (χ1n) is 9.33. The van der Waals surface area contributed by atoms with Gasteiger partial charge in [-0.2, -0.15) is 0 Å². The lowest BCUT2D eigenvalue weighted by Gasteiger charge is -2.31. The number of benzene rings is 1. The van der Waals surface area contributed by atoms with Crippen molar-refractivity contribution in [3.8, 4) is 0 Å². The quantitative estimate of drug-likeness (QED) is 0.678. The Morgan fingerprint density at radius 1 is 1.38 bits per heavy atom. The number of hydrogen-bond acceptors (Lipinski definition) is 6. The Morgan fingerprint density at radius 3 is 3.03 bits per heavy atom. The molecule has 3 N–H and O–H groups in total. The van der Waals surface area contributed by atoms with E-state index in [4.69, 9.17) is 21.8 Å². The van der Waals surface area contributed by atoms with E-state index in [1.54, 1.807) is 11.1 Å². The van der Waals surface area contributed by atoms with Crippen LogP contribution in [0.1, 0.15) is 46.5 Å². The molecule has 1 aliphatic heterocycles. The van der Waals surface area contributed by atoms with Gasteiger partial charge in [-0.3, -0.25) is 14.6 Å². The molecular weight excluding hydrogens is 394 g/mol. The summed E-state index contributed by atoms with van der Waals surface area (Å²) >= 11 is 6.04. The molecule has 4 rings (SSSR count). The van der Waals surface area contributed by atoms with Crippen molar-refractivity contribution in [2.45, 2.75) is 25.2 Å². The Labute approximate surface area is 171 Å². The summed E-state index contributed by atoms with van der Waals surface area (Å²) in [4.78, 5) is 36.7. The van der Waals surface area contributed by atoms with Crippen LogP contribution < -0.4 is 11.3 Å². The maximum Gasteiger partial charge on any atom is 0.272 e. The molecule has 0 saturated carbocycles. The third kappa shape index (κ3) is 4.48. The maximum absolute atomic E-state index is 12.8. The number of carbonyl (C=O) groups is 1. The number of anilines is 1. The van der Waals surface area contributed by atoms with Crippen LogP contribution in [0.25, 0.3) is 0 Å². The van der Waals surface area contributed by atoms with E-state index < -0.39 is 5.56 Å². The average molecular weight is 414 g/mol. The summed E-state index contributed by atoms with van der Waals surface area (Å²) in [6.07, 6.45) is 3.99. The number of rotatable bonds is 4. The molecule has 0 radical (unpaired) electrons. The van der Waals surface area contributed by atoms with Crippen molar-refractivity contribution in [3.05, 3.63) is 74.8 Å². The number of nitrogens with two attached hydrogens (primary N) is 1. The molecule has 29 heavy (non-hydrogen) atoms. The van der Waals surface area contributed by atoms with Crippen molar-refractivity contribution in [2.75, 3.05) is 18.8 Å². The van der Waals surface area contributed by atoms with Gasteiger partial charge in [0.25, 0.3) is 11.5 Å². The zero-order valence-electron chi connectivity index (χ0n) is 15.6. The van der Waals surface area contributed by atoms with Crippen LogP contribution in [0.15, 0.2) is 45.7 Å². The number of H-pyrrole nitrogens is 1. The number of nitrogens with zero attached hydrogens (tertiary/aromatic N) is 3. The summed E-state index contributed by atoms with van der Waals surface area (Å²) in [5.41, 5.74) is 6.18. The zero-order valence-corrected chi connectivity index (χ0v) is 16.4. The summed E-state index contributed by atoms with van der Waals surface area (Å²) in [5, 5.41) is 0.678. The lowest BCUT2D eigenvalue weighted by molar-refractivity contribution is 0.0691. The number of nitrogen functional groups attached to an aromatic ring is 1. The number of hydrogen-bond donors (Lipinski definition) is 2. The van der Waals surface area contributed by atoms with E-state index in [9.17, 15) is 9.59 Å². The van der Waals surface area contributed by atoms with Crippen LogP contribution in [-0.2, 0) is 6.42 Å². The summed E-state index contributed by atoms with van der Waals surface area (Å²) in [7, 11) is 0. The number of carbonyl (C=O) groups excluding carboxylic acids is 1. The van der Waals surface area contributed by atoms with Crippen molar-refractivity contribution < 1.29 is 9.21 Å². The first kappa shape index (κ1) is 19.2. The Kier molecular flexibility index (Phi) is 5.35. The standard InChI is InChI=1S/C20H20ClN5O3/c21-14-5-1-3-12(7-14)8-15-10-23-18(29-15)13-4-2-6-26(11-13)19(28)16-9-17(27)25-20(22)24-16/h1,3,5,7,9-10,13H,2,4,6,8,11H2,(H3,22,24,25,27). The SMILES string of the molecule is Nc1nc(C(=O)N2CCCC(c3ncc(Cc4cccc(Cl)c4)o3)C2)cc(=O)[nH]1. The fraction of sp³-hybridized carbons (Fsp3) is 0.300. The lowest BCUT2D eigenvalue weighted by atomic mass is 9.97. The number of oxazole rings is 1. The van der Waals surface area contributed by atoms with E-state index in [1.807, 2.05) is 24.3 Å². The normalized spacial score (nSPS) is 16.7. The van der Waals surface area contributed by atoms with Crippen LogP contribution in [-0.4, -0.2) is 38.8 Å². The molecule has 9 heteroatoms. The maximum atomic E-state index is 12.8. The van der Waals surface area contributed by atoms with Gasteiger partial charge in [0.05, 0.1) is 12.1 Å². The molecule has 1 unspecified atom stereocenters. The molecule has 1 saturated heterocycles. The number of amides is 1. The minimum atomic E-state index is -0.451. The molecule has 1 aromatic carbocycles.